The fourth-order valence-electron chi connectivity index (χ4n) is 6.00. The number of nitrogen functional groups attached to an aromatic ring is 1. The molecule has 4 heterocycles. The molecular formula is C49H43N7O7. The zero-order valence-corrected chi connectivity index (χ0v) is 34.5. The number of aromatic nitrogens is 6. The van der Waals surface area contributed by atoms with E-state index in [1.54, 1.807) is 18.2 Å². The van der Waals surface area contributed by atoms with Gasteiger partial charge in [-0.25, -0.2) is 29.5 Å². The number of carboxylic acids is 2. The summed E-state index contributed by atoms with van der Waals surface area (Å²) in [6, 6.07) is 38.9. The number of rotatable bonds is 9. The summed E-state index contributed by atoms with van der Waals surface area (Å²) >= 11 is 0. The summed E-state index contributed by atoms with van der Waals surface area (Å²) in [7, 11) is 0. The molecule has 14 heteroatoms. The summed E-state index contributed by atoms with van der Waals surface area (Å²) in [6.45, 7) is 6.01. The fourth-order valence-corrected chi connectivity index (χ4v) is 6.00. The largest absolute Gasteiger partial charge is 0.478 e. The standard InChI is InChI=1S/C21H17N3O2.C16H15N3.C8H8O2.C4H3NO3/c1-14-3-2-4-17(9-14)21-22-11-18(24-21)16-7-5-15(6-8-16)10-20(25)19-12-26-13-23-19;1-11-3-2-4-13(9-11)16-18-10-15(19-16)12-5-7-14(17)8-6-12;1-6-3-2-4-7(5-6)8(9)10;6-4(7)3-1-8-2-5-3/h2-9,11-13H,10H2,1H3,(H,22,24);2-10H,17H2,1H3,(H,18,19);2-5H,1H3,(H,9,10);1-2H,(H,6,7). The molecule has 9 rings (SSSR count). The third kappa shape index (κ3) is 12.7. The van der Waals surface area contributed by atoms with Gasteiger partial charge in [-0.3, -0.25) is 4.79 Å². The molecule has 0 saturated heterocycles. The number of hydrogen-bond acceptors (Lipinski definition) is 10. The smallest absolute Gasteiger partial charge is 0.357 e. The minimum absolute atomic E-state index is 0.0604. The van der Waals surface area contributed by atoms with Crippen LogP contribution in [0.15, 0.2) is 168 Å². The predicted octanol–water partition coefficient (Wildman–Crippen LogP) is 10.2. The lowest BCUT2D eigenvalue weighted by Gasteiger charge is -2.02. The Kier molecular flexibility index (Phi) is 14.7. The van der Waals surface area contributed by atoms with Gasteiger partial charge in [0.1, 0.15) is 29.9 Å². The molecule has 6 N–H and O–H groups in total. The van der Waals surface area contributed by atoms with E-state index >= 15 is 0 Å². The predicted molar refractivity (Wildman–Crippen MR) is 239 cm³/mol. The van der Waals surface area contributed by atoms with Crippen molar-refractivity contribution in [2.24, 2.45) is 0 Å². The number of nitrogens with one attached hydrogen (secondary N) is 2. The molecule has 0 aliphatic carbocycles. The summed E-state index contributed by atoms with van der Waals surface area (Å²) in [5.41, 5.74) is 17.6. The normalized spacial score (nSPS) is 10.3. The van der Waals surface area contributed by atoms with Crippen molar-refractivity contribution in [3.63, 3.8) is 0 Å². The number of H-pyrrole nitrogens is 2. The first-order valence-corrected chi connectivity index (χ1v) is 19.4. The number of imidazole rings is 2. The Morgan fingerprint density at radius 2 is 1.03 bits per heavy atom. The number of anilines is 1. The van der Waals surface area contributed by atoms with Gasteiger partial charge in [0.2, 0.25) is 0 Å². The Hall–Kier alpha value is -8.65. The molecule has 4 aromatic heterocycles. The van der Waals surface area contributed by atoms with Gasteiger partial charge in [-0.05, 0) is 73.9 Å². The van der Waals surface area contributed by atoms with Crippen molar-refractivity contribution in [3.05, 3.63) is 198 Å². The third-order valence-electron chi connectivity index (χ3n) is 9.22. The molecule has 0 spiro atoms. The number of carbonyl (C=O) groups is 3. The van der Waals surface area contributed by atoms with Gasteiger partial charge < -0.3 is 34.7 Å². The summed E-state index contributed by atoms with van der Waals surface area (Å²) < 4.78 is 9.24. The van der Waals surface area contributed by atoms with Crippen molar-refractivity contribution in [2.75, 3.05) is 5.73 Å². The second kappa shape index (κ2) is 21.0. The maximum atomic E-state index is 12.1. The van der Waals surface area contributed by atoms with Crippen molar-refractivity contribution < 1.29 is 33.4 Å². The molecule has 0 radical (unpaired) electrons. The van der Waals surface area contributed by atoms with Crippen LogP contribution in [0.25, 0.3) is 45.3 Å². The van der Waals surface area contributed by atoms with Crippen LogP contribution < -0.4 is 5.73 Å². The number of aromatic amines is 2. The number of nitrogens with two attached hydrogens (primary N) is 1. The Balaban J connectivity index is 0.000000155. The van der Waals surface area contributed by atoms with E-state index in [0.717, 1.165) is 74.8 Å². The fraction of sp³-hybridized carbons (Fsp3) is 0.0816. The van der Waals surface area contributed by atoms with Crippen LogP contribution in [-0.2, 0) is 6.42 Å². The van der Waals surface area contributed by atoms with Gasteiger partial charge >= 0.3 is 11.9 Å². The maximum absolute atomic E-state index is 12.1. The van der Waals surface area contributed by atoms with E-state index in [1.807, 2.05) is 92.1 Å². The number of carbonyl (C=O) groups excluding carboxylic acids is 1. The monoisotopic (exact) mass is 841 g/mol. The number of nitrogens with zero attached hydrogens (tertiary/aromatic N) is 4. The molecular weight excluding hydrogens is 799 g/mol. The summed E-state index contributed by atoms with van der Waals surface area (Å²) in [6.07, 6.45) is 8.75. The van der Waals surface area contributed by atoms with Crippen molar-refractivity contribution in [2.45, 2.75) is 27.2 Å². The van der Waals surface area contributed by atoms with Gasteiger partial charge in [-0.2, -0.15) is 0 Å². The second-order valence-corrected chi connectivity index (χ2v) is 14.2. The van der Waals surface area contributed by atoms with E-state index in [4.69, 9.17) is 20.4 Å². The number of aryl methyl sites for hydroxylation is 3. The molecule has 0 aliphatic rings. The number of Topliss-reactive ketones (excluding diaryl/α,β-unsaturated/α-hetero) is 1. The van der Waals surface area contributed by atoms with Gasteiger partial charge in [0.25, 0.3) is 0 Å². The van der Waals surface area contributed by atoms with E-state index in [1.165, 1.54) is 23.8 Å². The lowest BCUT2D eigenvalue weighted by molar-refractivity contribution is 0.0682. The zero-order valence-electron chi connectivity index (χ0n) is 34.5. The molecule has 63 heavy (non-hydrogen) atoms. The van der Waals surface area contributed by atoms with Crippen LogP contribution in [-0.4, -0.2) is 57.8 Å². The zero-order chi connectivity index (χ0) is 44.7. The minimum atomic E-state index is -1.07. The van der Waals surface area contributed by atoms with Gasteiger partial charge in [0.05, 0.1) is 29.3 Å². The highest BCUT2D eigenvalue weighted by Crippen LogP contribution is 2.25. The molecule has 14 nitrogen and oxygen atoms in total. The van der Waals surface area contributed by atoms with Crippen molar-refractivity contribution >= 4 is 23.4 Å². The number of hydrogen-bond donors (Lipinski definition) is 5. The Labute approximate surface area is 362 Å². The molecule has 0 amide bonds. The molecule has 0 unspecified atom stereocenters. The lowest BCUT2D eigenvalue weighted by atomic mass is 10.0. The van der Waals surface area contributed by atoms with Crippen molar-refractivity contribution in [3.8, 4) is 45.3 Å². The Morgan fingerprint density at radius 1 is 0.556 bits per heavy atom. The number of oxazole rings is 2. The SMILES string of the molecule is Cc1cccc(-c2ncc(-c3ccc(CC(=O)c4cocn4)cc3)[nH]2)c1.Cc1cccc(-c2ncc(-c3ccc(N)cc3)[nH]2)c1.Cc1cccc(C(=O)O)c1.O=C(O)c1cocn1. The van der Waals surface area contributed by atoms with E-state index in [-0.39, 0.29) is 11.5 Å². The molecule has 9 aromatic rings. The van der Waals surface area contributed by atoms with Gasteiger partial charge in [-0.1, -0.05) is 102 Å². The topological polar surface area (TPSA) is 227 Å². The highest BCUT2D eigenvalue weighted by atomic mass is 16.4. The van der Waals surface area contributed by atoms with Crippen LogP contribution in [0, 0.1) is 20.8 Å². The average Bonchev–Trinajstić information content (AvgIpc) is 4.14. The van der Waals surface area contributed by atoms with Gasteiger partial charge in [0.15, 0.2) is 24.3 Å². The van der Waals surface area contributed by atoms with Crippen LogP contribution in [0.1, 0.15) is 53.6 Å². The van der Waals surface area contributed by atoms with Crippen LogP contribution >= 0.6 is 0 Å². The highest BCUT2D eigenvalue weighted by molar-refractivity contribution is 5.95. The number of carboxylic acid groups (broad SMARTS) is 2. The summed E-state index contributed by atoms with van der Waals surface area (Å²) in [4.78, 5) is 55.2. The van der Waals surface area contributed by atoms with E-state index in [2.05, 4.69) is 78.5 Å². The lowest BCUT2D eigenvalue weighted by Crippen LogP contribution is -2.03. The highest BCUT2D eigenvalue weighted by Gasteiger charge is 2.11. The van der Waals surface area contributed by atoms with E-state index < -0.39 is 11.9 Å². The molecule has 0 atom stereocenters. The Bertz CT molecular complexity index is 2880. The number of ketones is 1. The first kappa shape index (κ1) is 43.9. The third-order valence-corrected chi connectivity index (χ3v) is 9.22. The van der Waals surface area contributed by atoms with Crippen LogP contribution in [0.3, 0.4) is 0 Å². The molecule has 0 bridgehead atoms. The molecule has 0 fully saturated rings. The van der Waals surface area contributed by atoms with Crippen LogP contribution in [0.2, 0.25) is 0 Å². The Morgan fingerprint density at radius 3 is 1.44 bits per heavy atom. The van der Waals surface area contributed by atoms with Gasteiger partial charge in [-0.15, -0.1) is 0 Å². The van der Waals surface area contributed by atoms with Crippen LogP contribution in [0.5, 0.6) is 0 Å². The molecule has 0 aliphatic heterocycles. The number of benzene rings is 5. The second-order valence-electron chi connectivity index (χ2n) is 14.2. The first-order chi connectivity index (χ1) is 30.4. The molecule has 0 saturated carbocycles. The first-order valence-electron chi connectivity index (χ1n) is 19.4. The minimum Gasteiger partial charge on any atom is -0.478 e. The molecule has 5 aromatic carbocycles. The summed E-state index contributed by atoms with van der Waals surface area (Å²) in [5.74, 6) is -0.276. The average molecular weight is 842 g/mol. The van der Waals surface area contributed by atoms with E-state index in [0.29, 0.717) is 17.7 Å². The molecule has 316 valence electrons. The van der Waals surface area contributed by atoms with Gasteiger partial charge in [0, 0.05) is 23.2 Å². The van der Waals surface area contributed by atoms with E-state index in [9.17, 15) is 14.4 Å². The summed E-state index contributed by atoms with van der Waals surface area (Å²) in [5, 5.41) is 16.7. The van der Waals surface area contributed by atoms with Crippen molar-refractivity contribution in [1.29, 1.82) is 0 Å². The number of aromatic carboxylic acids is 2. The maximum Gasteiger partial charge on any atom is 0.357 e. The van der Waals surface area contributed by atoms with Crippen LogP contribution in [0.4, 0.5) is 5.69 Å². The van der Waals surface area contributed by atoms with Crippen molar-refractivity contribution in [1.82, 2.24) is 29.9 Å². The quantitative estimate of drug-likeness (QED) is 0.0676.